The van der Waals surface area contributed by atoms with Crippen molar-refractivity contribution in [1.82, 2.24) is 4.57 Å². The molecule has 0 spiro atoms. The molecule has 0 unspecified atom stereocenters. The number of rotatable bonds is 9. The average Bonchev–Trinajstić information content (AvgIpc) is 3.57. The summed E-state index contributed by atoms with van der Waals surface area (Å²) in [4.78, 5) is 43.3. The van der Waals surface area contributed by atoms with Crippen LogP contribution in [0.15, 0.2) is 86.1 Å². The van der Waals surface area contributed by atoms with E-state index in [-0.39, 0.29) is 17.9 Å². The Morgan fingerprint density at radius 3 is 2.60 bits per heavy atom. The molecule has 0 N–H and O–H groups in total. The van der Waals surface area contributed by atoms with E-state index in [2.05, 4.69) is 13.8 Å². The zero-order valence-corrected chi connectivity index (χ0v) is 24.6. The number of esters is 1. The van der Waals surface area contributed by atoms with E-state index in [4.69, 9.17) is 14.1 Å². The van der Waals surface area contributed by atoms with Gasteiger partial charge in [-0.1, -0.05) is 74.9 Å². The van der Waals surface area contributed by atoms with Gasteiger partial charge in [0.1, 0.15) is 11.5 Å². The van der Waals surface area contributed by atoms with Gasteiger partial charge in [0.15, 0.2) is 4.80 Å². The predicted molar refractivity (Wildman–Crippen MR) is 161 cm³/mol. The second kappa shape index (κ2) is 12.1. The number of hydrogen-bond donors (Lipinski definition) is 0. The minimum atomic E-state index is -0.692. The highest BCUT2D eigenvalue weighted by Gasteiger charge is 2.34. The summed E-state index contributed by atoms with van der Waals surface area (Å²) in [6.07, 6.45) is 2.96. The molecule has 216 valence electrons. The van der Waals surface area contributed by atoms with Crippen molar-refractivity contribution in [2.75, 3.05) is 6.61 Å². The van der Waals surface area contributed by atoms with E-state index in [1.807, 2.05) is 31.2 Å². The summed E-state index contributed by atoms with van der Waals surface area (Å²) >= 11 is 1.22. The Balaban J connectivity index is 1.65. The third-order valence-corrected chi connectivity index (χ3v) is 8.04. The van der Waals surface area contributed by atoms with Gasteiger partial charge in [-0.3, -0.25) is 19.5 Å². The Bertz CT molecular complexity index is 1860. The van der Waals surface area contributed by atoms with Crippen LogP contribution in [-0.2, 0) is 9.53 Å². The first-order valence-electron chi connectivity index (χ1n) is 13.9. The van der Waals surface area contributed by atoms with Gasteiger partial charge in [-0.25, -0.2) is 9.79 Å². The molecule has 1 atom stereocenters. The van der Waals surface area contributed by atoms with Crippen LogP contribution in [0.4, 0.5) is 5.69 Å². The Labute approximate surface area is 246 Å². The standard InChI is InChI=1S/C32H31N3O6S/c1-5-8-25-28(31(37)40-6-2)29(21-13-11-20(12-14-21)19(3)4)34-30(36)27(42-32(34)33-25)18-24-15-16-26(41-24)22-9-7-10-23(17-22)35(38)39/h7,9-19,29H,5-6,8H2,1-4H3/b27-18-/t29-/m1/s1. The number of fused-ring (bicyclic) bond motifs is 1. The summed E-state index contributed by atoms with van der Waals surface area (Å²) in [5, 5.41) is 11.2. The van der Waals surface area contributed by atoms with Crippen molar-refractivity contribution in [3.05, 3.63) is 119 Å². The summed E-state index contributed by atoms with van der Waals surface area (Å²) < 4.78 is 13.4. The largest absolute Gasteiger partial charge is 0.463 e. The molecule has 0 bridgehead atoms. The molecule has 2 aromatic heterocycles. The van der Waals surface area contributed by atoms with Gasteiger partial charge in [0.25, 0.3) is 11.2 Å². The van der Waals surface area contributed by atoms with E-state index < -0.39 is 16.9 Å². The molecule has 0 fully saturated rings. The Morgan fingerprint density at radius 2 is 1.93 bits per heavy atom. The quantitative estimate of drug-likeness (QED) is 0.138. The molecule has 1 aliphatic rings. The van der Waals surface area contributed by atoms with Gasteiger partial charge >= 0.3 is 5.97 Å². The molecule has 3 heterocycles. The fourth-order valence-corrected chi connectivity index (χ4v) is 5.99. The molecule has 4 aromatic rings. The van der Waals surface area contributed by atoms with E-state index in [9.17, 15) is 19.7 Å². The molecule has 0 aliphatic carbocycles. The van der Waals surface area contributed by atoms with Crippen molar-refractivity contribution in [3.63, 3.8) is 0 Å². The highest BCUT2D eigenvalue weighted by molar-refractivity contribution is 7.07. The minimum Gasteiger partial charge on any atom is -0.463 e. The molecule has 0 saturated heterocycles. The van der Waals surface area contributed by atoms with Crippen LogP contribution in [0.3, 0.4) is 0 Å². The van der Waals surface area contributed by atoms with E-state index in [0.29, 0.717) is 50.0 Å². The average molecular weight is 586 g/mol. The van der Waals surface area contributed by atoms with Crippen LogP contribution in [0.2, 0.25) is 0 Å². The Kier molecular flexibility index (Phi) is 8.35. The first-order chi connectivity index (χ1) is 20.2. The smallest absolute Gasteiger partial charge is 0.338 e. The van der Waals surface area contributed by atoms with Crippen molar-refractivity contribution in [3.8, 4) is 11.3 Å². The summed E-state index contributed by atoms with van der Waals surface area (Å²) in [6, 6.07) is 16.9. The summed E-state index contributed by atoms with van der Waals surface area (Å²) in [5.41, 5.74) is 3.15. The van der Waals surface area contributed by atoms with Gasteiger partial charge in [-0.05, 0) is 42.5 Å². The fourth-order valence-electron chi connectivity index (χ4n) is 4.99. The van der Waals surface area contributed by atoms with Crippen LogP contribution in [0.1, 0.15) is 69.4 Å². The number of non-ortho nitro benzene ring substituents is 1. The Hall–Kier alpha value is -4.57. The zero-order valence-electron chi connectivity index (χ0n) is 23.8. The number of nitrogens with zero attached hydrogens (tertiary/aromatic N) is 3. The van der Waals surface area contributed by atoms with Gasteiger partial charge in [0.2, 0.25) is 0 Å². The minimum absolute atomic E-state index is 0.0412. The number of furan rings is 1. The number of ether oxygens (including phenoxy) is 1. The first kappa shape index (κ1) is 28.9. The summed E-state index contributed by atoms with van der Waals surface area (Å²) in [5.74, 6) is 0.704. The van der Waals surface area contributed by atoms with Gasteiger partial charge in [-0.2, -0.15) is 0 Å². The molecule has 0 saturated carbocycles. The zero-order chi connectivity index (χ0) is 30.0. The van der Waals surface area contributed by atoms with Crippen molar-refractivity contribution < 1.29 is 18.9 Å². The molecule has 5 rings (SSSR count). The summed E-state index contributed by atoms with van der Waals surface area (Å²) in [7, 11) is 0. The third-order valence-electron chi connectivity index (χ3n) is 7.05. The second-order valence-electron chi connectivity index (χ2n) is 10.2. The number of carbonyl (C=O) groups excluding carboxylic acids is 1. The van der Waals surface area contributed by atoms with Crippen LogP contribution < -0.4 is 14.9 Å². The molecule has 0 radical (unpaired) electrons. The van der Waals surface area contributed by atoms with Crippen LogP contribution in [0.25, 0.3) is 17.4 Å². The Morgan fingerprint density at radius 1 is 1.17 bits per heavy atom. The lowest BCUT2D eigenvalue weighted by atomic mass is 9.92. The number of allylic oxidation sites excluding steroid dienone is 1. The number of nitro benzene ring substituents is 1. The first-order valence-corrected chi connectivity index (χ1v) is 14.7. The molecule has 42 heavy (non-hydrogen) atoms. The lowest BCUT2D eigenvalue weighted by Crippen LogP contribution is -2.40. The maximum absolute atomic E-state index is 14.0. The monoisotopic (exact) mass is 585 g/mol. The normalized spacial score (nSPS) is 15.1. The number of hydrogen-bond acceptors (Lipinski definition) is 8. The maximum atomic E-state index is 14.0. The molecule has 2 aromatic carbocycles. The van der Waals surface area contributed by atoms with Crippen LogP contribution >= 0.6 is 11.3 Å². The predicted octanol–water partition coefficient (Wildman–Crippen LogP) is 5.87. The van der Waals surface area contributed by atoms with Crippen molar-refractivity contribution in [1.29, 1.82) is 0 Å². The number of carbonyl (C=O) groups is 1. The lowest BCUT2D eigenvalue weighted by molar-refractivity contribution is -0.384. The number of thiazole rings is 1. The molecule has 9 nitrogen and oxygen atoms in total. The van der Waals surface area contributed by atoms with Crippen molar-refractivity contribution in [2.45, 2.75) is 52.5 Å². The fraction of sp³-hybridized carbons (Fsp3) is 0.281. The van der Waals surface area contributed by atoms with Crippen molar-refractivity contribution in [2.24, 2.45) is 4.99 Å². The van der Waals surface area contributed by atoms with E-state index in [1.54, 1.807) is 41.8 Å². The molecule has 1 aliphatic heterocycles. The molecular weight excluding hydrogens is 554 g/mol. The second-order valence-corrected chi connectivity index (χ2v) is 11.3. The third kappa shape index (κ3) is 5.62. The summed E-state index contributed by atoms with van der Waals surface area (Å²) in [6.45, 7) is 8.20. The highest BCUT2D eigenvalue weighted by Crippen LogP contribution is 2.33. The van der Waals surface area contributed by atoms with Gasteiger partial charge in [0.05, 0.1) is 33.4 Å². The number of aromatic nitrogens is 1. The van der Waals surface area contributed by atoms with Crippen LogP contribution in [0.5, 0.6) is 0 Å². The lowest BCUT2D eigenvalue weighted by Gasteiger charge is -2.26. The number of benzene rings is 2. The highest BCUT2D eigenvalue weighted by atomic mass is 32.1. The molecule has 10 heteroatoms. The van der Waals surface area contributed by atoms with Gasteiger partial charge in [-0.15, -0.1) is 0 Å². The molecule has 0 amide bonds. The van der Waals surface area contributed by atoms with E-state index >= 15 is 0 Å². The van der Waals surface area contributed by atoms with Gasteiger partial charge < -0.3 is 9.15 Å². The van der Waals surface area contributed by atoms with Crippen molar-refractivity contribution >= 4 is 29.1 Å². The van der Waals surface area contributed by atoms with E-state index in [1.165, 1.54) is 23.5 Å². The van der Waals surface area contributed by atoms with Crippen LogP contribution in [-0.4, -0.2) is 22.1 Å². The topological polar surface area (TPSA) is 117 Å². The SMILES string of the molecule is CCCC1=C(C(=O)OCC)[C@@H](c2ccc(C(C)C)cc2)n2c(s/c(=C\c3ccc(-c4cccc([N+](=O)[O-])c4)o3)c2=O)=N1. The van der Waals surface area contributed by atoms with E-state index in [0.717, 1.165) is 17.5 Å². The van der Waals surface area contributed by atoms with Crippen LogP contribution in [0, 0.1) is 10.1 Å². The molecular formula is C32H31N3O6S. The van der Waals surface area contributed by atoms with Gasteiger partial charge in [0, 0.05) is 23.8 Å². The number of nitro groups is 1. The maximum Gasteiger partial charge on any atom is 0.338 e.